The zero-order chi connectivity index (χ0) is 8.16. The van der Waals surface area contributed by atoms with Gasteiger partial charge in [-0.05, 0) is 25.2 Å². The van der Waals surface area contributed by atoms with Crippen LogP contribution in [0.1, 0.15) is 58.3 Å². The van der Waals surface area contributed by atoms with Crippen molar-refractivity contribution >= 4 is 0 Å². The Kier molecular flexibility index (Phi) is 3.42. The highest BCUT2D eigenvalue weighted by Crippen LogP contribution is 2.31. The lowest BCUT2D eigenvalue weighted by Crippen LogP contribution is -2.10. The van der Waals surface area contributed by atoms with Crippen molar-refractivity contribution in [2.75, 3.05) is 0 Å². The van der Waals surface area contributed by atoms with E-state index in [2.05, 4.69) is 13.8 Å². The lowest BCUT2D eigenvalue weighted by atomic mass is 9.83. The van der Waals surface area contributed by atoms with Gasteiger partial charge in [0, 0.05) is 0 Å². The highest BCUT2D eigenvalue weighted by molar-refractivity contribution is 4.77. The van der Waals surface area contributed by atoms with E-state index in [0.29, 0.717) is 5.41 Å². The van der Waals surface area contributed by atoms with Crippen LogP contribution in [0.4, 0.5) is 0 Å². The summed E-state index contributed by atoms with van der Waals surface area (Å²) < 4.78 is 0. The Bertz CT molecular complexity index is 90.6. The topological polar surface area (TPSA) is 0 Å². The molecule has 0 heteroatoms. The molecular formula is C11H21. The first kappa shape index (κ1) is 9.09. The first-order valence-electron chi connectivity index (χ1n) is 5.06. The van der Waals surface area contributed by atoms with Crippen LogP contribution in [-0.4, -0.2) is 0 Å². The van der Waals surface area contributed by atoms with Gasteiger partial charge in [0.1, 0.15) is 0 Å². The van der Waals surface area contributed by atoms with Gasteiger partial charge < -0.3 is 0 Å². The maximum atomic E-state index is 4.27. The summed E-state index contributed by atoms with van der Waals surface area (Å²) in [6.45, 7) is 6.59. The van der Waals surface area contributed by atoms with E-state index in [1.807, 2.05) is 0 Å². The molecule has 0 heterocycles. The van der Waals surface area contributed by atoms with Crippen LogP contribution in [0.2, 0.25) is 0 Å². The summed E-state index contributed by atoms with van der Waals surface area (Å²) in [6.07, 6.45) is 11.3. The Balaban J connectivity index is 2.31. The molecule has 0 aromatic heterocycles. The zero-order valence-corrected chi connectivity index (χ0v) is 7.86. The summed E-state index contributed by atoms with van der Waals surface area (Å²) in [4.78, 5) is 0. The van der Waals surface area contributed by atoms with Crippen molar-refractivity contribution in [2.24, 2.45) is 5.41 Å². The van der Waals surface area contributed by atoms with Crippen LogP contribution in [0.25, 0.3) is 0 Å². The molecule has 65 valence electrons. The Morgan fingerprint density at radius 3 is 1.64 bits per heavy atom. The molecule has 0 atom stereocenters. The fourth-order valence-electron chi connectivity index (χ4n) is 1.94. The molecule has 0 aromatic rings. The monoisotopic (exact) mass is 153 g/mol. The molecule has 0 bridgehead atoms. The molecule has 1 aliphatic carbocycles. The molecule has 0 saturated heterocycles. The van der Waals surface area contributed by atoms with Crippen LogP contribution in [0.15, 0.2) is 0 Å². The molecule has 1 rings (SSSR count). The van der Waals surface area contributed by atoms with E-state index in [9.17, 15) is 0 Å². The normalized spacial score (nSPS) is 26.7. The van der Waals surface area contributed by atoms with Gasteiger partial charge in [-0.15, -0.1) is 0 Å². The molecular weight excluding hydrogens is 132 g/mol. The van der Waals surface area contributed by atoms with Crippen molar-refractivity contribution in [3.05, 3.63) is 6.92 Å². The summed E-state index contributed by atoms with van der Waals surface area (Å²) in [6, 6.07) is 0. The lowest BCUT2D eigenvalue weighted by molar-refractivity contribution is 0.339. The third-order valence-electron chi connectivity index (χ3n) is 2.81. The lowest BCUT2D eigenvalue weighted by Gasteiger charge is -2.23. The Labute approximate surface area is 71.4 Å². The minimum atomic E-state index is 0.393. The quantitative estimate of drug-likeness (QED) is 0.494. The molecule has 0 aliphatic heterocycles. The van der Waals surface area contributed by atoms with Gasteiger partial charge in [0.25, 0.3) is 0 Å². The van der Waals surface area contributed by atoms with Gasteiger partial charge in [-0.2, -0.15) is 0 Å². The van der Waals surface area contributed by atoms with Crippen LogP contribution in [0, 0.1) is 12.3 Å². The molecule has 0 unspecified atom stereocenters. The molecule has 11 heavy (non-hydrogen) atoms. The van der Waals surface area contributed by atoms with Gasteiger partial charge in [0.2, 0.25) is 0 Å². The Morgan fingerprint density at radius 2 is 1.18 bits per heavy atom. The highest BCUT2D eigenvalue weighted by Gasteiger charge is 2.17. The average Bonchev–Trinajstić information content (AvgIpc) is 2.00. The van der Waals surface area contributed by atoms with Gasteiger partial charge in [-0.3, -0.25) is 0 Å². The second-order valence-corrected chi connectivity index (χ2v) is 4.43. The largest absolute Gasteiger partial charge is 0.0596 e. The first-order valence-corrected chi connectivity index (χ1v) is 5.06. The molecule has 0 amide bonds. The smallest absolute Gasteiger partial charge is 0.0326 e. The van der Waals surface area contributed by atoms with Crippen molar-refractivity contribution in [1.29, 1.82) is 0 Å². The second-order valence-electron chi connectivity index (χ2n) is 4.43. The average molecular weight is 153 g/mol. The molecule has 0 aromatic carbocycles. The van der Waals surface area contributed by atoms with Crippen molar-refractivity contribution in [3.8, 4) is 0 Å². The van der Waals surface area contributed by atoms with Gasteiger partial charge in [0.05, 0.1) is 0 Å². The minimum Gasteiger partial charge on any atom is -0.0596 e. The first-order chi connectivity index (χ1) is 5.21. The Hall–Kier alpha value is 0. The summed E-state index contributed by atoms with van der Waals surface area (Å²) >= 11 is 0. The van der Waals surface area contributed by atoms with Crippen LogP contribution >= 0.6 is 0 Å². The standard InChI is InChI=1S/C11H21/c1-11(2)9-7-5-3-4-6-8-10-11/h1,3-10H2,2H3. The second kappa shape index (κ2) is 4.13. The van der Waals surface area contributed by atoms with Gasteiger partial charge in [-0.25, -0.2) is 0 Å². The summed E-state index contributed by atoms with van der Waals surface area (Å²) in [7, 11) is 0. The molecule has 0 nitrogen and oxygen atoms in total. The van der Waals surface area contributed by atoms with E-state index in [1.54, 1.807) is 0 Å². The van der Waals surface area contributed by atoms with E-state index in [1.165, 1.54) is 51.4 Å². The fourth-order valence-corrected chi connectivity index (χ4v) is 1.94. The third-order valence-corrected chi connectivity index (χ3v) is 2.81. The van der Waals surface area contributed by atoms with Crippen molar-refractivity contribution in [3.63, 3.8) is 0 Å². The predicted molar refractivity (Wildman–Crippen MR) is 50.4 cm³/mol. The van der Waals surface area contributed by atoms with Gasteiger partial charge >= 0.3 is 0 Å². The van der Waals surface area contributed by atoms with Crippen LogP contribution < -0.4 is 0 Å². The van der Waals surface area contributed by atoms with Crippen molar-refractivity contribution in [1.82, 2.24) is 0 Å². The van der Waals surface area contributed by atoms with Crippen LogP contribution in [0.5, 0.6) is 0 Å². The summed E-state index contributed by atoms with van der Waals surface area (Å²) in [5.74, 6) is 0. The van der Waals surface area contributed by atoms with Crippen LogP contribution in [-0.2, 0) is 0 Å². The molecule has 1 radical (unpaired) electrons. The molecule has 1 fully saturated rings. The Morgan fingerprint density at radius 1 is 0.818 bits per heavy atom. The van der Waals surface area contributed by atoms with E-state index in [-0.39, 0.29) is 0 Å². The molecule has 0 N–H and O–H groups in total. The maximum absolute atomic E-state index is 4.27. The third kappa shape index (κ3) is 3.79. The van der Waals surface area contributed by atoms with E-state index < -0.39 is 0 Å². The molecule has 1 aliphatic rings. The summed E-state index contributed by atoms with van der Waals surface area (Å²) in [5.41, 5.74) is 0.393. The minimum absolute atomic E-state index is 0.393. The predicted octanol–water partition coefficient (Wildman–Crippen LogP) is 3.96. The van der Waals surface area contributed by atoms with E-state index in [4.69, 9.17) is 0 Å². The van der Waals surface area contributed by atoms with Crippen LogP contribution in [0.3, 0.4) is 0 Å². The fraction of sp³-hybridized carbons (Fsp3) is 0.909. The zero-order valence-electron chi connectivity index (χ0n) is 7.86. The SMILES string of the molecule is [CH2]C1(C)CCCCCCCC1. The van der Waals surface area contributed by atoms with E-state index in [0.717, 1.165) is 0 Å². The number of rotatable bonds is 0. The van der Waals surface area contributed by atoms with Crippen molar-refractivity contribution in [2.45, 2.75) is 58.3 Å². The molecule has 0 spiro atoms. The maximum Gasteiger partial charge on any atom is -0.0326 e. The molecule has 1 saturated carbocycles. The number of hydrogen-bond donors (Lipinski definition) is 0. The van der Waals surface area contributed by atoms with Gasteiger partial charge in [0.15, 0.2) is 0 Å². The van der Waals surface area contributed by atoms with Gasteiger partial charge in [-0.1, -0.05) is 45.4 Å². The van der Waals surface area contributed by atoms with Crippen molar-refractivity contribution < 1.29 is 0 Å². The highest BCUT2D eigenvalue weighted by atomic mass is 14.2. The summed E-state index contributed by atoms with van der Waals surface area (Å²) in [5, 5.41) is 0. The van der Waals surface area contributed by atoms with E-state index >= 15 is 0 Å². The number of hydrogen-bond acceptors (Lipinski definition) is 0.